The van der Waals surface area contributed by atoms with Gasteiger partial charge in [0.15, 0.2) is 0 Å². The molecule has 3 nitrogen and oxygen atoms in total. The third-order valence-electron chi connectivity index (χ3n) is 3.33. The van der Waals surface area contributed by atoms with Crippen LogP contribution in [0.1, 0.15) is 46.5 Å². The first-order chi connectivity index (χ1) is 7.68. The summed E-state index contributed by atoms with van der Waals surface area (Å²) in [6.07, 6.45) is 4.62. The second-order valence-corrected chi connectivity index (χ2v) is 4.81. The van der Waals surface area contributed by atoms with Crippen molar-refractivity contribution in [3.63, 3.8) is 0 Å². The van der Waals surface area contributed by atoms with Crippen LogP contribution in [0.2, 0.25) is 0 Å². The summed E-state index contributed by atoms with van der Waals surface area (Å²) in [5.74, 6) is 0.494. The van der Waals surface area contributed by atoms with Gasteiger partial charge in [-0.15, -0.1) is 0 Å². The molecule has 0 bridgehead atoms. The predicted octanol–water partition coefficient (Wildman–Crippen LogP) is 2.47. The van der Waals surface area contributed by atoms with Gasteiger partial charge in [0, 0.05) is 0 Å². The zero-order valence-corrected chi connectivity index (χ0v) is 10.8. The highest BCUT2D eigenvalue weighted by Crippen LogP contribution is 2.39. The fourth-order valence-corrected chi connectivity index (χ4v) is 1.79. The van der Waals surface area contributed by atoms with Crippen LogP contribution in [0, 0.1) is 17.2 Å². The highest BCUT2D eigenvalue weighted by molar-refractivity contribution is 5.15. The van der Waals surface area contributed by atoms with Crippen molar-refractivity contribution < 1.29 is 4.74 Å². The van der Waals surface area contributed by atoms with Crippen molar-refractivity contribution in [1.82, 2.24) is 5.32 Å². The Morgan fingerprint density at radius 3 is 2.62 bits per heavy atom. The van der Waals surface area contributed by atoms with Crippen molar-refractivity contribution in [2.45, 2.75) is 58.1 Å². The predicted molar refractivity (Wildman–Crippen MR) is 65.1 cm³/mol. The zero-order chi connectivity index (χ0) is 12.0. The molecule has 0 aromatic carbocycles. The van der Waals surface area contributed by atoms with Gasteiger partial charge in [-0.25, -0.2) is 0 Å². The average molecular weight is 224 g/mol. The van der Waals surface area contributed by atoms with Gasteiger partial charge in [0.1, 0.15) is 5.54 Å². The molecule has 3 heteroatoms. The average Bonchev–Trinajstić information content (AvgIpc) is 3.14. The number of nitrogens with zero attached hydrogens (tertiary/aromatic N) is 1. The molecule has 1 saturated carbocycles. The van der Waals surface area contributed by atoms with Crippen LogP contribution in [-0.4, -0.2) is 24.8 Å². The number of hydrogen-bond donors (Lipinski definition) is 1. The Kier molecular flexibility index (Phi) is 5.24. The Morgan fingerprint density at radius 1 is 1.50 bits per heavy atom. The van der Waals surface area contributed by atoms with Gasteiger partial charge >= 0.3 is 0 Å². The normalized spacial score (nSPS) is 21.1. The SMILES string of the molecule is CCCNC(C#N)(COC(C)CC)C1CC1. The van der Waals surface area contributed by atoms with Crippen molar-refractivity contribution in [3.8, 4) is 6.07 Å². The van der Waals surface area contributed by atoms with Crippen molar-refractivity contribution >= 4 is 0 Å². The summed E-state index contributed by atoms with van der Waals surface area (Å²) < 4.78 is 5.76. The van der Waals surface area contributed by atoms with E-state index in [0.717, 1.165) is 32.2 Å². The summed E-state index contributed by atoms with van der Waals surface area (Å²) in [5.41, 5.74) is -0.431. The van der Waals surface area contributed by atoms with E-state index < -0.39 is 5.54 Å². The summed E-state index contributed by atoms with van der Waals surface area (Å²) in [7, 11) is 0. The Hall–Kier alpha value is -0.590. The Labute approximate surface area is 99.2 Å². The van der Waals surface area contributed by atoms with Crippen molar-refractivity contribution in [1.29, 1.82) is 5.26 Å². The van der Waals surface area contributed by atoms with Crippen LogP contribution in [0.25, 0.3) is 0 Å². The molecule has 1 rings (SSSR count). The summed E-state index contributed by atoms with van der Waals surface area (Å²) >= 11 is 0. The molecule has 1 aliphatic carbocycles. The van der Waals surface area contributed by atoms with Crippen molar-refractivity contribution in [2.75, 3.05) is 13.2 Å². The van der Waals surface area contributed by atoms with Crippen LogP contribution in [0.15, 0.2) is 0 Å². The second-order valence-electron chi connectivity index (χ2n) is 4.81. The summed E-state index contributed by atoms with van der Waals surface area (Å²) in [5, 5.41) is 12.8. The van der Waals surface area contributed by atoms with Gasteiger partial charge in [0.25, 0.3) is 0 Å². The van der Waals surface area contributed by atoms with E-state index >= 15 is 0 Å². The Bertz CT molecular complexity index is 245. The van der Waals surface area contributed by atoms with Crippen LogP contribution in [-0.2, 0) is 4.74 Å². The number of hydrogen-bond acceptors (Lipinski definition) is 3. The lowest BCUT2D eigenvalue weighted by Gasteiger charge is -2.29. The van der Waals surface area contributed by atoms with E-state index in [4.69, 9.17) is 4.74 Å². The lowest BCUT2D eigenvalue weighted by atomic mass is 9.96. The molecule has 0 aromatic heterocycles. The van der Waals surface area contributed by atoms with Gasteiger partial charge < -0.3 is 4.74 Å². The number of rotatable bonds is 8. The third-order valence-corrected chi connectivity index (χ3v) is 3.33. The topological polar surface area (TPSA) is 45.0 Å². The first kappa shape index (κ1) is 13.5. The van der Waals surface area contributed by atoms with Crippen LogP contribution in [0.4, 0.5) is 0 Å². The van der Waals surface area contributed by atoms with Gasteiger partial charge in [0.2, 0.25) is 0 Å². The molecule has 2 atom stereocenters. The Morgan fingerprint density at radius 2 is 2.19 bits per heavy atom. The van der Waals surface area contributed by atoms with Crippen LogP contribution >= 0.6 is 0 Å². The van der Waals surface area contributed by atoms with Crippen LogP contribution in [0.5, 0.6) is 0 Å². The molecule has 92 valence electrons. The molecule has 0 amide bonds. The minimum atomic E-state index is -0.431. The summed E-state index contributed by atoms with van der Waals surface area (Å²) in [6.45, 7) is 7.72. The molecule has 2 unspecified atom stereocenters. The molecule has 1 fully saturated rings. The summed E-state index contributed by atoms with van der Waals surface area (Å²) in [6, 6.07) is 2.46. The summed E-state index contributed by atoms with van der Waals surface area (Å²) in [4.78, 5) is 0. The number of ether oxygens (including phenoxy) is 1. The fraction of sp³-hybridized carbons (Fsp3) is 0.923. The molecule has 1 aliphatic rings. The monoisotopic (exact) mass is 224 g/mol. The lowest BCUT2D eigenvalue weighted by Crippen LogP contribution is -2.51. The number of nitriles is 1. The van der Waals surface area contributed by atoms with Gasteiger partial charge in [-0.2, -0.15) is 5.26 Å². The Balaban J connectivity index is 2.52. The molecule has 1 N–H and O–H groups in total. The van der Waals surface area contributed by atoms with Crippen LogP contribution in [0.3, 0.4) is 0 Å². The van der Waals surface area contributed by atoms with Gasteiger partial charge in [-0.05, 0) is 45.1 Å². The minimum absolute atomic E-state index is 0.245. The number of nitrogens with one attached hydrogen (secondary N) is 1. The molecule has 16 heavy (non-hydrogen) atoms. The van der Waals surface area contributed by atoms with Gasteiger partial charge in [-0.3, -0.25) is 5.32 Å². The third kappa shape index (κ3) is 3.47. The first-order valence-electron chi connectivity index (χ1n) is 6.46. The maximum atomic E-state index is 9.41. The van der Waals surface area contributed by atoms with Crippen molar-refractivity contribution in [2.24, 2.45) is 5.92 Å². The molecule has 0 aliphatic heterocycles. The van der Waals surface area contributed by atoms with Crippen molar-refractivity contribution in [3.05, 3.63) is 0 Å². The van der Waals surface area contributed by atoms with E-state index in [2.05, 4.69) is 32.2 Å². The van der Waals surface area contributed by atoms with E-state index in [1.807, 2.05) is 0 Å². The van der Waals surface area contributed by atoms with E-state index in [1.165, 1.54) is 0 Å². The van der Waals surface area contributed by atoms with E-state index in [9.17, 15) is 5.26 Å². The van der Waals surface area contributed by atoms with E-state index in [-0.39, 0.29) is 6.10 Å². The standard InChI is InChI=1S/C13H24N2O/c1-4-8-15-13(9-14,12-6-7-12)10-16-11(3)5-2/h11-12,15H,4-8,10H2,1-3H3. The first-order valence-corrected chi connectivity index (χ1v) is 6.46. The molecular formula is C13H24N2O. The smallest absolute Gasteiger partial charge is 0.133 e. The highest BCUT2D eigenvalue weighted by atomic mass is 16.5. The second kappa shape index (κ2) is 6.22. The van der Waals surface area contributed by atoms with Gasteiger partial charge in [0.05, 0.1) is 18.8 Å². The quantitative estimate of drug-likeness (QED) is 0.689. The molecule has 0 spiro atoms. The molecule has 0 aromatic rings. The van der Waals surface area contributed by atoms with Gasteiger partial charge in [-0.1, -0.05) is 13.8 Å². The molecular weight excluding hydrogens is 200 g/mol. The van der Waals surface area contributed by atoms with Crippen LogP contribution < -0.4 is 5.32 Å². The molecule has 0 saturated heterocycles. The van der Waals surface area contributed by atoms with E-state index in [1.54, 1.807) is 0 Å². The maximum Gasteiger partial charge on any atom is 0.133 e. The minimum Gasteiger partial charge on any atom is -0.375 e. The molecule has 0 heterocycles. The zero-order valence-electron chi connectivity index (χ0n) is 10.8. The largest absolute Gasteiger partial charge is 0.375 e. The fourth-order valence-electron chi connectivity index (χ4n) is 1.79. The van der Waals surface area contributed by atoms with E-state index in [0.29, 0.717) is 12.5 Å². The maximum absolute atomic E-state index is 9.41. The lowest BCUT2D eigenvalue weighted by molar-refractivity contribution is 0.0260. The molecule has 0 radical (unpaired) electrons. The highest BCUT2D eigenvalue weighted by Gasteiger charge is 2.45.